The SMILES string of the molecule is O=C(c1ccc2c(c1)CCCC2)N1CCC(c2ccccc2)CC1. The van der Waals surface area contributed by atoms with Crippen LogP contribution in [-0.2, 0) is 12.8 Å². The molecule has 0 spiro atoms. The third kappa shape index (κ3) is 3.10. The van der Waals surface area contributed by atoms with Gasteiger partial charge in [0.05, 0.1) is 0 Å². The van der Waals surface area contributed by atoms with Crippen LogP contribution >= 0.6 is 0 Å². The second kappa shape index (κ2) is 6.80. The quantitative estimate of drug-likeness (QED) is 0.793. The maximum atomic E-state index is 12.9. The van der Waals surface area contributed by atoms with Crippen molar-refractivity contribution in [2.24, 2.45) is 0 Å². The highest BCUT2D eigenvalue weighted by atomic mass is 16.2. The summed E-state index contributed by atoms with van der Waals surface area (Å²) in [6, 6.07) is 17.1. The van der Waals surface area contributed by atoms with E-state index >= 15 is 0 Å². The minimum absolute atomic E-state index is 0.217. The Bertz CT molecular complexity index is 714. The molecule has 0 unspecified atom stereocenters. The smallest absolute Gasteiger partial charge is 0.253 e. The van der Waals surface area contributed by atoms with Crippen LogP contribution in [0, 0.1) is 0 Å². The summed E-state index contributed by atoms with van der Waals surface area (Å²) in [5, 5.41) is 0. The standard InChI is InChI=1S/C22H25NO/c24-22(21-11-10-18-8-4-5-9-20(18)16-21)23-14-12-19(13-15-23)17-6-2-1-3-7-17/h1-3,6-7,10-11,16,19H,4-5,8-9,12-15H2. The van der Waals surface area contributed by atoms with Crippen LogP contribution in [0.2, 0.25) is 0 Å². The lowest BCUT2D eigenvalue weighted by molar-refractivity contribution is 0.0713. The second-order valence-electron chi connectivity index (χ2n) is 7.17. The fourth-order valence-electron chi connectivity index (χ4n) is 4.19. The molecule has 24 heavy (non-hydrogen) atoms. The fourth-order valence-corrected chi connectivity index (χ4v) is 4.19. The second-order valence-corrected chi connectivity index (χ2v) is 7.17. The number of carbonyl (C=O) groups is 1. The molecule has 1 aliphatic heterocycles. The van der Waals surface area contributed by atoms with Crippen molar-refractivity contribution in [3.8, 4) is 0 Å². The van der Waals surface area contributed by atoms with Crippen molar-refractivity contribution < 1.29 is 4.79 Å². The molecule has 0 saturated carbocycles. The molecule has 0 bridgehead atoms. The van der Waals surface area contributed by atoms with Crippen molar-refractivity contribution in [2.45, 2.75) is 44.4 Å². The van der Waals surface area contributed by atoms with Gasteiger partial charge in [0.2, 0.25) is 0 Å². The van der Waals surface area contributed by atoms with Crippen molar-refractivity contribution >= 4 is 5.91 Å². The molecule has 1 fully saturated rings. The molecule has 1 saturated heterocycles. The van der Waals surface area contributed by atoms with Crippen LogP contribution in [0.3, 0.4) is 0 Å². The first-order chi connectivity index (χ1) is 11.8. The Hall–Kier alpha value is -2.09. The third-order valence-corrected chi connectivity index (χ3v) is 5.65. The molecular formula is C22H25NO. The van der Waals surface area contributed by atoms with E-state index in [1.54, 1.807) is 0 Å². The Kier molecular flexibility index (Phi) is 4.38. The Labute approximate surface area is 144 Å². The van der Waals surface area contributed by atoms with E-state index in [0.717, 1.165) is 37.9 Å². The largest absolute Gasteiger partial charge is 0.339 e. The Morgan fingerprint density at radius 1 is 0.875 bits per heavy atom. The average Bonchev–Trinajstić information content (AvgIpc) is 2.68. The summed E-state index contributed by atoms with van der Waals surface area (Å²) in [6.45, 7) is 1.74. The number of hydrogen-bond donors (Lipinski definition) is 0. The average molecular weight is 319 g/mol. The molecule has 0 aromatic heterocycles. The number of piperidine rings is 1. The number of fused-ring (bicyclic) bond motifs is 1. The topological polar surface area (TPSA) is 20.3 Å². The lowest BCUT2D eigenvalue weighted by atomic mass is 9.88. The van der Waals surface area contributed by atoms with E-state index in [1.165, 1.54) is 36.0 Å². The zero-order valence-electron chi connectivity index (χ0n) is 14.2. The minimum Gasteiger partial charge on any atom is -0.339 e. The van der Waals surface area contributed by atoms with Crippen LogP contribution in [0.5, 0.6) is 0 Å². The molecule has 4 rings (SSSR count). The number of amides is 1. The van der Waals surface area contributed by atoms with Crippen molar-refractivity contribution in [1.29, 1.82) is 0 Å². The highest BCUT2D eigenvalue weighted by molar-refractivity contribution is 5.94. The lowest BCUT2D eigenvalue weighted by Crippen LogP contribution is -2.38. The van der Waals surface area contributed by atoms with E-state index in [0.29, 0.717) is 5.92 Å². The van der Waals surface area contributed by atoms with E-state index in [2.05, 4.69) is 42.5 Å². The van der Waals surface area contributed by atoms with Crippen LogP contribution < -0.4 is 0 Å². The predicted octanol–water partition coefficient (Wildman–Crippen LogP) is 4.59. The number of rotatable bonds is 2. The van der Waals surface area contributed by atoms with E-state index in [-0.39, 0.29) is 5.91 Å². The lowest BCUT2D eigenvalue weighted by Gasteiger charge is -2.32. The summed E-state index contributed by atoms with van der Waals surface area (Å²) in [5.74, 6) is 0.814. The van der Waals surface area contributed by atoms with Gasteiger partial charge in [-0.25, -0.2) is 0 Å². The minimum atomic E-state index is 0.217. The predicted molar refractivity (Wildman–Crippen MR) is 97.4 cm³/mol. The molecule has 2 nitrogen and oxygen atoms in total. The molecule has 1 heterocycles. The molecular weight excluding hydrogens is 294 g/mol. The maximum absolute atomic E-state index is 12.9. The van der Waals surface area contributed by atoms with Crippen molar-refractivity contribution in [2.75, 3.05) is 13.1 Å². The molecule has 1 aliphatic carbocycles. The van der Waals surface area contributed by atoms with Crippen LogP contribution in [0.25, 0.3) is 0 Å². The van der Waals surface area contributed by atoms with E-state index in [4.69, 9.17) is 0 Å². The number of benzene rings is 2. The summed E-state index contributed by atoms with van der Waals surface area (Å²) in [5.41, 5.74) is 5.14. The van der Waals surface area contributed by atoms with Crippen molar-refractivity contribution in [3.05, 3.63) is 70.8 Å². The fraction of sp³-hybridized carbons (Fsp3) is 0.409. The van der Waals surface area contributed by atoms with Crippen molar-refractivity contribution in [1.82, 2.24) is 4.90 Å². The zero-order valence-corrected chi connectivity index (χ0v) is 14.2. The number of aryl methyl sites for hydroxylation is 2. The molecule has 1 amide bonds. The molecule has 0 atom stereocenters. The molecule has 124 valence electrons. The summed E-state index contributed by atoms with van der Waals surface area (Å²) in [7, 11) is 0. The Morgan fingerprint density at radius 3 is 2.33 bits per heavy atom. The maximum Gasteiger partial charge on any atom is 0.253 e. The van der Waals surface area contributed by atoms with Gasteiger partial charge in [0.1, 0.15) is 0 Å². The number of likely N-dealkylation sites (tertiary alicyclic amines) is 1. The van der Waals surface area contributed by atoms with Crippen molar-refractivity contribution in [3.63, 3.8) is 0 Å². The van der Waals surface area contributed by atoms with Crippen LogP contribution in [0.15, 0.2) is 48.5 Å². The molecule has 2 aromatic carbocycles. The number of nitrogens with zero attached hydrogens (tertiary/aromatic N) is 1. The first-order valence-electron chi connectivity index (χ1n) is 9.27. The van der Waals surface area contributed by atoms with Gasteiger partial charge in [0.25, 0.3) is 5.91 Å². The van der Waals surface area contributed by atoms with Crippen LogP contribution in [0.4, 0.5) is 0 Å². The normalized spacial score (nSPS) is 18.2. The van der Waals surface area contributed by atoms with E-state index < -0.39 is 0 Å². The summed E-state index contributed by atoms with van der Waals surface area (Å²) >= 11 is 0. The monoisotopic (exact) mass is 319 g/mol. The molecule has 2 aliphatic rings. The van der Waals surface area contributed by atoms with Gasteiger partial charge in [-0.15, -0.1) is 0 Å². The molecule has 2 aromatic rings. The van der Waals surface area contributed by atoms with Gasteiger partial charge in [-0.3, -0.25) is 4.79 Å². The Balaban J connectivity index is 1.43. The van der Waals surface area contributed by atoms with Gasteiger partial charge >= 0.3 is 0 Å². The van der Waals surface area contributed by atoms with E-state index in [9.17, 15) is 4.79 Å². The van der Waals surface area contributed by atoms with Gasteiger partial charge < -0.3 is 4.90 Å². The third-order valence-electron chi connectivity index (χ3n) is 5.65. The summed E-state index contributed by atoms with van der Waals surface area (Å²) in [6.07, 6.45) is 6.99. The molecule has 2 heteroatoms. The molecule has 0 radical (unpaired) electrons. The number of carbonyl (C=O) groups excluding carboxylic acids is 1. The first-order valence-corrected chi connectivity index (χ1v) is 9.27. The summed E-state index contributed by atoms with van der Waals surface area (Å²) in [4.78, 5) is 14.9. The van der Waals surface area contributed by atoms with Gasteiger partial charge in [-0.05, 0) is 73.3 Å². The van der Waals surface area contributed by atoms with Crippen LogP contribution in [-0.4, -0.2) is 23.9 Å². The van der Waals surface area contributed by atoms with Gasteiger partial charge in [0, 0.05) is 18.7 Å². The van der Waals surface area contributed by atoms with E-state index in [1.807, 2.05) is 11.0 Å². The Morgan fingerprint density at radius 2 is 1.58 bits per heavy atom. The molecule has 0 N–H and O–H groups in total. The zero-order chi connectivity index (χ0) is 16.4. The van der Waals surface area contributed by atoms with Gasteiger partial charge in [-0.1, -0.05) is 36.4 Å². The van der Waals surface area contributed by atoms with Gasteiger partial charge in [0.15, 0.2) is 0 Å². The van der Waals surface area contributed by atoms with Crippen LogP contribution in [0.1, 0.15) is 58.6 Å². The summed E-state index contributed by atoms with van der Waals surface area (Å²) < 4.78 is 0. The highest BCUT2D eigenvalue weighted by Gasteiger charge is 2.25. The first kappa shape index (κ1) is 15.4. The number of hydrogen-bond acceptors (Lipinski definition) is 1. The van der Waals surface area contributed by atoms with Gasteiger partial charge in [-0.2, -0.15) is 0 Å². The highest BCUT2D eigenvalue weighted by Crippen LogP contribution is 2.29.